The van der Waals surface area contributed by atoms with Crippen LogP contribution in [-0.2, 0) is 0 Å². The molecule has 0 aliphatic heterocycles. The van der Waals surface area contributed by atoms with Gasteiger partial charge < -0.3 is 0 Å². The van der Waals surface area contributed by atoms with E-state index in [1.807, 2.05) is 14.0 Å². The Hall–Kier alpha value is -0.590. The summed E-state index contributed by atoms with van der Waals surface area (Å²) in [6.45, 7) is 9.10. The summed E-state index contributed by atoms with van der Waals surface area (Å²) in [7, 11) is 1.86. The maximum atomic E-state index is 3.62. The molecule has 0 bridgehead atoms. The molecule has 0 aromatic rings. The first kappa shape index (κ1) is 5.41. The number of rotatable bonds is 1. The molecule has 0 fully saturated rings. The van der Waals surface area contributed by atoms with Gasteiger partial charge in [-0.3, -0.25) is 0 Å². The average molecular weight is 84.1 g/mol. The summed E-state index contributed by atoms with van der Waals surface area (Å²) in [6, 6.07) is 0. The Kier molecular flexibility index (Phi) is 1.58. The van der Waals surface area contributed by atoms with Crippen LogP contribution in [0.25, 0.3) is 0 Å². The molecule has 0 spiro atoms. The second-order valence-corrected chi connectivity index (χ2v) is 1.43. The Labute approximate surface area is 38.6 Å². The van der Waals surface area contributed by atoms with Gasteiger partial charge in [-0.15, -0.1) is 0 Å². The topological polar surface area (TPSA) is 3.01 Å². The van der Waals surface area contributed by atoms with Crippen LogP contribution in [0.15, 0.2) is 12.3 Å². The monoisotopic (exact) mass is 84.1 g/mol. The second kappa shape index (κ2) is 1.75. The lowest BCUT2D eigenvalue weighted by molar-refractivity contribution is -0.432. The van der Waals surface area contributed by atoms with E-state index in [1.54, 1.807) is 4.58 Å². The minimum Gasteiger partial charge on any atom is -0.212 e. The molecule has 0 rings (SSSR count). The molecule has 0 heterocycles. The molecule has 0 saturated carbocycles. The summed E-state index contributed by atoms with van der Waals surface area (Å²) in [5.74, 6) is 0. The zero-order valence-corrected chi connectivity index (χ0v) is 4.36. The first-order valence-electron chi connectivity index (χ1n) is 1.84. The van der Waals surface area contributed by atoms with E-state index in [0.717, 1.165) is 5.70 Å². The summed E-state index contributed by atoms with van der Waals surface area (Å²) >= 11 is 0. The fraction of sp³-hybridized carbons (Fsp3) is 0.400. The Morgan fingerprint density at radius 2 is 1.83 bits per heavy atom. The number of hydrogen-bond donors (Lipinski definition) is 0. The van der Waals surface area contributed by atoms with Gasteiger partial charge in [0.1, 0.15) is 13.8 Å². The van der Waals surface area contributed by atoms with Gasteiger partial charge in [0.25, 0.3) is 0 Å². The molecule has 0 amide bonds. The molecule has 1 heteroatoms. The van der Waals surface area contributed by atoms with Crippen LogP contribution in [0, 0.1) is 0 Å². The molecular weight excluding hydrogens is 74.1 g/mol. The first-order valence-corrected chi connectivity index (χ1v) is 1.84. The third-order valence-electron chi connectivity index (χ3n) is 0.652. The van der Waals surface area contributed by atoms with Crippen LogP contribution in [0.1, 0.15) is 6.92 Å². The van der Waals surface area contributed by atoms with Gasteiger partial charge in [-0.2, -0.15) is 0 Å². The zero-order valence-electron chi connectivity index (χ0n) is 4.36. The molecule has 0 atom stereocenters. The van der Waals surface area contributed by atoms with Crippen LogP contribution in [0.2, 0.25) is 0 Å². The van der Waals surface area contributed by atoms with Gasteiger partial charge in [0.15, 0.2) is 5.70 Å². The Morgan fingerprint density at radius 3 is 1.83 bits per heavy atom. The van der Waals surface area contributed by atoms with E-state index < -0.39 is 0 Å². The normalized spacial score (nSPS) is 7.67. The Balaban J connectivity index is 3.57. The highest BCUT2D eigenvalue weighted by Gasteiger charge is 1.84. The van der Waals surface area contributed by atoms with Crippen molar-refractivity contribution in [3.05, 3.63) is 12.3 Å². The predicted octanol–water partition coefficient (Wildman–Crippen LogP) is 0.863. The van der Waals surface area contributed by atoms with Crippen LogP contribution in [0.4, 0.5) is 0 Å². The van der Waals surface area contributed by atoms with Gasteiger partial charge in [0.2, 0.25) is 0 Å². The van der Waals surface area contributed by atoms with Gasteiger partial charge >= 0.3 is 0 Å². The summed E-state index contributed by atoms with van der Waals surface area (Å²) in [6.07, 6.45) is 0. The van der Waals surface area contributed by atoms with E-state index >= 15 is 0 Å². The van der Waals surface area contributed by atoms with E-state index in [4.69, 9.17) is 0 Å². The minimum atomic E-state index is 0.981. The molecule has 34 valence electrons. The molecule has 1 nitrogen and oxygen atoms in total. The van der Waals surface area contributed by atoms with Crippen molar-refractivity contribution < 1.29 is 4.58 Å². The van der Waals surface area contributed by atoms with Crippen molar-refractivity contribution in [3.8, 4) is 0 Å². The third-order valence-corrected chi connectivity index (χ3v) is 0.652. The van der Waals surface area contributed by atoms with Crippen LogP contribution >= 0.6 is 0 Å². The number of hydrogen-bond acceptors (Lipinski definition) is 0. The lowest BCUT2D eigenvalue weighted by atomic mass is 10.6. The predicted molar refractivity (Wildman–Crippen MR) is 28.1 cm³/mol. The highest BCUT2D eigenvalue weighted by molar-refractivity contribution is 5.15. The Morgan fingerprint density at radius 1 is 1.67 bits per heavy atom. The van der Waals surface area contributed by atoms with Crippen LogP contribution in [-0.4, -0.2) is 18.3 Å². The van der Waals surface area contributed by atoms with Crippen molar-refractivity contribution in [2.75, 3.05) is 7.05 Å². The summed E-state index contributed by atoms with van der Waals surface area (Å²) in [4.78, 5) is 0. The largest absolute Gasteiger partial charge is 0.212 e. The van der Waals surface area contributed by atoms with Crippen molar-refractivity contribution in [3.63, 3.8) is 0 Å². The van der Waals surface area contributed by atoms with Crippen LogP contribution in [0.5, 0.6) is 0 Å². The molecule has 0 radical (unpaired) electrons. The second-order valence-electron chi connectivity index (χ2n) is 1.43. The lowest BCUT2D eigenvalue weighted by Crippen LogP contribution is -1.94. The highest BCUT2D eigenvalue weighted by atomic mass is 14.9. The van der Waals surface area contributed by atoms with E-state index in [9.17, 15) is 0 Å². The average Bonchev–Trinajstić information content (AvgIpc) is 1.36. The standard InChI is InChI=1S/C5H10N/c1-5(2)6(3)4/h1,3H2,2,4H3/q+1. The number of allylic oxidation sites excluding steroid dienone is 1. The quantitative estimate of drug-likeness (QED) is 0.327. The molecule has 0 aromatic heterocycles. The molecule has 0 aliphatic rings. The van der Waals surface area contributed by atoms with E-state index in [1.165, 1.54) is 0 Å². The van der Waals surface area contributed by atoms with Gasteiger partial charge in [-0.1, -0.05) is 0 Å². The van der Waals surface area contributed by atoms with Gasteiger partial charge in [0, 0.05) is 6.92 Å². The van der Waals surface area contributed by atoms with E-state index in [0.29, 0.717) is 0 Å². The van der Waals surface area contributed by atoms with Crippen molar-refractivity contribution in [1.82, 2.24) is 0 Å². The highest BCUT2D eigenvalue weighted by Crippen LogP contribution is 1.79. The maximum Gasteiger partial charge on any atom is 0.170 e. The van der Waals surface area contributed by atoms with Gasteiger partial charge in [-0.25, -0.2) is 4.58 Å². The minimum absolute atomic E-state index is 0.981. The van der Waals surface area contributed by atoms with Gasteiger partial charge in [-0.05, 0) is 6.58 Å². The first-order chi connectivity index (χ1) is 2.64. The number of nitrogens with zero attached hydrogens (tertiary/aromatic N) is 1. The SMILES string of the molecule is C=C(C)[N+](=C)C. The third kappa shape index (κ3) is 1.70. The van der Waals surface area contributed by atoms with Crippen molar-refractivity contribution in [2.45, 2.75) is 6.92 Å². The maximum absolute atomic E-state index is 3.62. The molecule has 0 unspecified atom stereocenters. The molecule has 0 saturated heterocycles. The molecule has 6 heavy (non-hydrogen) atoms. The van der Waals surface area contributed by atoms with Crippen molar-refractivity contribution in [1.29, 1.82) is 0 Å². The Bertz CT molecular complexity index is 69.9. The fourth-order valence-corrected chi connectivity index (χ4v) is 0. The molecule has 0 aromatic carbocycles. The van der Waals surface area contributed by atoms with E-state index in [-0.39, 0.29) is 0 Å². The van der Waals surface area contributed by atoms with Crippen molar-refractivity contribution in [2.24, 2.45) is 0 Å². The van der Waals surface area contributed by atoms with Gasteiger partial charge in [0.05, 0.1) is 0 Å². The summed E-state index contributed by atoms with van der Waals surface area (Å²) in [5.41, 5.74) is 0.981. The molecule has 0 N–H and O–H groups in total. The summed E-state index contributed by atoms with van der Waals surface area (Å²) in [5, 5.41) is 0. The van der Waals surface area contributed by atoms with Crippen LogP contribution < -0.4 is 0 Å². The van der Waals surface area contributed by atoms with E-state index in [2.05, 4.69) is 13.3 Å². The zero-order chi connectivity index (χ0) is 5.15. The van der Waals surface area contributed by atoms with Crippen molar-refractivity contribution >= 4 is 6.72 Å². The molecular formula is C5H10N+. The van der Waals surface area contributed by atoms with Crippen LogP contribution in [0.3, 0.4) is 0 Å². The molecule has 0 aliphatic carbocycles. The lowest BCUT2D eigenvalue weighted by Gasteiger charge is -1.83. The smallest absolute Gasteiger partial charge is 0.170 e. The summed E-state index contributed by atoms with van der Waals surface area (Å²) < 4.78 is 1.72. The fourth-order valence-electron chi connectivity index (χ4n) is 0.